The molecule has 0 bridgehead atoms. The summed E-state index contributed by atoms with van der Waals surface area (Å²) in [5, 5.41) is 23.5. The molecular formula is C27H27NO6. The molecule has 3 aromatic carbocycles. The van der Waals surface area contributed by atoms with Crippen molar-refractivity contribution in [2.75, 3.05) is 20.3 Å². The van der Waals surface area contributed by atoms with Gasteiger partial charge in [0.1, 0.15) is 18.8 Å². The van der Waals surface area contributed by atoms with Gasteiger partial charge in [0, 0.05) is 12.5 Å². The van der Waals surface area contributed by atoms with E-state index in [2.05, 4.69) is 17.4 Å². The second-order valence-corrected chi connectivity index (χ2v) is 8.23. The minimum absolute atomic E-state index is 0.0719. The maximum atomic E-state index is 12.3. The number of aliphatic hydroxyl groups is 2. The molecule has 7 heteroatoms. The van der Waals surface area contributed by atoms with Crippen LogP contribution in [-0.4, -0.2) is 48.6 Å². The van der Waals surface area contributed by atoms with Crippen LogP contribution in [0.15, 0.2) is 66.7 Å². The van der Waals surface area contributed by atoms with Crippen molar-refractivity contribution in [3.8, 4) is 11.1 Å². The maximum Gasteiger partial charge on any atom is 0.407 e. The van der Waals surface area contributed by atoms with Crippen molar-refractivity contribution in [2.24, 2.45) is 0 Å². The van der Waals surface area contributed by atoms with Crippen molar-refractivity contribution >= 4 is 12.1 Å². The molecule has 2 unspecified atom stereocenters. The molecule has 0 saturated carbocycles. The van der Waals surface area contributed by atoms with Gasteiger partial charge in [-0.15, -0.1) is 0 Å². The first-order chi connectivity index (χ1) is 16.4. The highest BCUT2D eigenvalue weighted by Crippen LogP contribution is 2.44. The predicted molar refractivity (Wildman–Crippen MR) is 127 cm³/mol. The summed E-state index contributed by atoms with van der Waals surface area (Å²) in [5.74, 6) is -0.602. The molecule has 34 heavy (non-hydrogen) atoms. The normalized spacial score (nSPS) is 14.0. The Labute approximate surface area is 198 Å². The van der Waals surface area contributed by atoms with E-state index in [0.717, 1.165) is 22.3 Å². The molecule has 1 aliphatic carbocycles. The number of carbonyl (C=O) groups is 2. The van der Waals surface area contributed by atoms with E-state index in [9.17, 15) is 19.8 Å². The number of hydrogen-bond donors (Lipinski definition) is 3. The average molecular weight is 462 g/mol. The number of amides is 1. The summed E-state index contributed by atoms with van der Waals surface area (Å²) in [7, 11) is 1.28. The predicted octanol–water partition coefficient (Wildman–Crippen LogP) is 3.71. The zero-order chi connectivity index (χ0) is 24.2. The van der Waals surface area contributed by atoms with Crippen molar-refractivity contribution < 1.29 is 29.3 Å². The van der Waals surface area contributed by atoms with Gasteiger partial charge >= 0.3 is 12.1 Å². The molecular weight excluding hydrogens is 434 g/mol. The standard InChI is InChI=1S/C27H27NO6/c1-16-17(12-7-13-18(16)26(31)33-2)25(30)24(29)14-28-27(32)34-15-23-21-10-5-3-8-19(21)20-9-4-6-11-22(20)23/h3-13,23-25,29-30H,14-15H2,1-2H3,(H,28,32). The van der Waals surface area contributed by atoms with Gasteiger partial charge in [-0.25, -0.2) is 9.59 Å². The molecule has 0 aromatic heterocycles. The molecule has 0 aliphatic heterocycles. The second kappa shape index (κ2) is 10.1. The largest absolute Gasteiger partial charge is 0.465 e. The number of rotatable bonds is 7. The zero-order valence-electron chi connectivity index (χ0n) is 19.0. The minimum Gasteiger partial charge on any atom is -0.465 e. The van der Waals surface area contributed by atoms with Gasteiger partial charge in [0.25, 0.3) is 0 Å². The van der Waals surface area contributed by atoms with Gasteiger partial charge in [-0.05, 0) is 46.4 Å². The lowest BCUT2D eigenvalue weighted by Crippen LogP contribution is -2.36. The third-order valence-corrected chi connectivity index (χ3v) is 6.26. The molecule has 0 saturated heterocycles. The highest BCUT2D eigenvalue weighted by molar-refractivity contribution is 5.91. The Kier molecular flexibility index (Phi) is 6.95. The van der Waals surface area contributed by atoms with E-state index in [1.54, 1.807) is 25.1 Å². The molecule has 2 atom stereocenters. The van der Waals surface area contributed by atoms with E-state index < -0.39 is 24.3 Å². The molecule has 0 spiro atoms. The molecule has 4 rings (SSSR count). The van der Waals surface area contributed by atoms with E-state index in [0.29, 0.717) is 16.7 Å². The van der Waals surface area contributed by atoms with E-state index >= 15 is 0 Å². The third kappa shape index (κ3) is 4.53. The van der Waals surface area contributed by atoms with Gasteiger partial charge in [0.15, 0.2) is 0 Å². The Hall–Kier alpha value is -3.68. The van der Waals surface area contributed by atoms with Crippen LogP contribution < -0.4 is 5.32 Å². The lowest BCUT2D eigenvalue weighted by atomic mass is 9.95. The summed E-state index contributed by atoms with van der Waals surface area (Å²) < 4.78 is 10.2. The first-order valence-corrected chi connectivity index (χ1v) is 11.0. The van der Waals surface area contributed by atoms with Crippen LogP contribution >= 0.6 is 0 Å². The number of methoxy groups -OCH3 is 1. The van der Waals surface area contributed by atoms with Crippen LogP contribution in [0.3, 0.4) is 0 Å². The van der Waals surface area contributed by atoms with Crippen LogP contribution in [0.2, 0.25) is 0 Å². The lowest BCUT2D eigenvalue weighted by Gasteiger charge is -2.21. The number of aliphatic hydroxyl groups excluding tert-OH is 2. The molecule has 3 aromatic rings. The van der Waals surface area contributed by atoms with Crippen LogP contribution in [0, 0.1) is 6.92 Å². The van der Waals surface area contributed by atoms with Crippen molar-refractivity contribution in [1.29, 1.82) is 0 Å². The molecule has 0 heterocycles. The molecule has 176 valence electrons. The maximum absolute atomic E-state index is 12.3. The van der Waals surface area contributed by atoms with E-state index in [1.807, 2.05) is 36.4 Å². The van der Waals surface area contributed by atoms with E-state index in [-0.39, 0.29) is 19.1 Å². The van der Waals surface area contributed by atoms with Crippen LogP contribution in [0.25, 0.3) is 11.1 Å². The first kappa shape index (κ1) is 23.5. The molecule has 0 radical (unpaired) electrons. The van der Waals surface area contributed by atoms with Gasteiger partial charge in [0.2, 0.25) is 0 Å². The first-order valence-electron chi connectivity index (χ1n) is 11.0. The topological polar surface area (TPSA) is 105 Å². The van der Waals surface area contributed by atoms with Crippen molar-refractivity contribution in [3.05, 3.63) is 94.5 Å². The molecule has 0 fully saturated rings. The average Bonchev–Trinajstić information content (AvgIpc) is 3.19. The Balaban J connectivity index is 1.36. The van der Waals surface area contributed by atoms with E-state index in [1.165, 1.54) is 7.11 Å². The molecule has 3 N–H and O–H groups in total. The SMILES string of the molecule is COC(=O)c1cccc(C(O)C(O)CNC(=O)OCC2c3ccccc3-c3ccccc32)c1C. The number of carbonyl (C=O) groups excluding carboxylic acids is 2. The summed E-state index contributed by atoms with van der Waals surface area (Å²) >= 11 is 0. The number of hydrogen-bond acceptors (Lipinski definition) is 6. The van der Waals surface area contributed by atoms with Crippen molar-refractivity contribution in [2.45, 2.75) is 25.0 Å². The zero-order valence-corrected chi connectivity index (χ0v) is 19.0. The van der Waals surface area contributed by atoms with Gasteiger partial charge in [-0.2, -0.15) is 0 Å². The summed E-state index contributed by atoms with van der Waals surface area (Å²) in [6.45, 7) is 1.59. The highest BCUT2D eigenvalue weighted by Gasteiger charge is 2.29. The van der Waals surface area contributed by atoms with Crippen LogP contribution in [0.1, 0.15) is 44.6 Å². The van der Waals surface area contributed by atoms with Crippen LogP contribution in [0.4, 0.5) is 4.79 Å². The second-order valence-electron chi connectivity index (χ2n) is 8.23. The monoisotopic (exact) mass is 461 g/mol. The molecule has 7 nitrogen and oxygen atoms in total. The van der Waals surface area contributed by atoms with Crippen LogP contribution in [-0.2, 0) is 9.47 Å². The van der Waals surface area contributed by atoms with Gasteiger partial charge < -0.3 is 25.0 Å². The smallest absolute Gasteiger partial charge is 0.407 e. The minimum atomic E-state index is -1.31. The molecule has 1 aliphatic rings. The number of nitrogens with one attached hydrogen (secondary N) is 1. The Morgan fingerprint density at radius 3 is 2.18 bits per heavy atom. The Bertz CT molecular complexity index is 1160. The number of alkyl carbamates (subject to hydrolysis) is 1. The third-order valence-electron chi connectivity index (χ3n) is 6.26. The summed E-state index contributed by atoms with van der Waals surface area (Å²) in [4.78, 5) is 24.2. The van der Waals surface area contributed by atoms with Crippen molar-refractivity contribution in [3.63, 3.8) is 0 Å². The Morgan fingerprint density at radius 2 is 1.56 bits per heavy atom. The quantitative estimate of drug-likeness (QED) is 0.463. The summed E-state index contributed by atoms with van der Waals surface area (Å²) in [6, 6.07) is 20.9. The number of esters is 1. The fraction of sp³-hybridized carbons (Fsp3) is 0.259. The van der Waals surface area contributed by atoms with Gasteiger partial charge in [-0.3, -0.25) is 0 Å². The highest BCUT2D eigenvalue weighted by atomic mass is 16.5. The number of benzene rings is 3. The number of ether oxygens (including phenoxy) is 2. The van der Waals surface area contributed by atoms with Gasteiger partial charge in [0.05, 0.1) is 12.7 Å². The van der Waals surface area contributed by atoms with E-state index in [4.69, 9.17) is 9.47 Å². The van der Waals surface area contributed by atoms with Gasteiger partial charge in [-0.1, -0.05) is 60.7 Å². The lowest BCUT2D eigenvalue weighted by molar-refractivity contribution is 0.0181. The summed E-state index contributed by atoms with van der Waals surface area (Å²) in [6.07, 6.45) is -3.29. The fourth-order valence-corrected chi connectivity index (χ4v) is 4.46. The number of fused-ring (bicyclic) bond motifs is 3. The summed E-state index contributed by atoms with van der Waals surface area (Å²) in [5.41, 5.74) is 5.66. The van der Waals surface area contributed by atoms with Crippen LogP contribution in [0.5, 0.6) is 0 Å². The fourth-order valence-electron chi connectivity index (χ4n) is 4.46. The Morgan fingerprint density at radius 1 is 0.941 bits per heavy atom. The molecule has 1 amide bonds. The van der Waals surface area contributed by atoms with Crippen molar-refractivity contribution in [1.82, 2.24) is 5.32 Å².